The third-order valence-electron chi connectivity index (χ3n) is 6.70. The van der Waals surface area contributed by atoms with Crippen molar-refractivity contribution in [3.8, 4) is 22.1 Å². The molecule has 0 bridgehead atoms. The van der Waals surface area contributed by atoms with E-state index in [1.165, 1.54) is 56.6 Å². The van der Waals surface area contributed by atoms with E-state index in [9.17, 15) is 26.4 Å². The maximum atomic E-state index is 13.6. The van der Waals surface area contributed by atoms with Crippen LogP contribution < -0.4 is 19.5 Å². The fraction of sp³-hybridized carbons (Fsp3) is 0.444. The summed E-state index contributed by atoms with van der Waals surface area (Å²) in [7, 11) is -1.79. The zero-order valence-electron chi connectivity index (χ0n) is 23.2. The number of alkyl halides is 3. The number of nitrogens with zero attached hydrogens (tertiary/aromatic N) is 2. The lowest BCUT2D eigenvalue weighted by Crippen LogP contribution is -2.25. The van der Waals surface area contributed by atoms with Crippen LogP contribution in [0.3, 0.4) is 0 Å². The molecule has 0 amide bonds. The Bertz CT molecular complexity index is 1520. The molecule has 0 unspecified atom stereocenters. The topological polar surface area (TPSA) is 129 Å². The highest BCUT2D eigenvalue weighted by atomic mass is 32.2. The first-order valence-electron chi connectivity index (χ1n) is 13.1. The van der Waals surface area contributed by atoms with Gasteiger partial charge in [-0.1, -0.05) is 37.0 Å². The number of hydrogen-bond acceptors (Lipinski definition) is 10. The standard InChI is InChI=1S/C27H31F3N4O6S2/c1-16-24(41-26(32-16)33-19-8-6-4-5-7-9-19)17-10-11-21(38-2)22(12-17)42(36,37)34-20-14-31-23(39-3)13-18(20)15-40-25(35)27(28,29)30/h10-14,19,34H,4-9,15H2,1-3H3,(H,32,33). The molecule has 0 spiro atoms. The largest absolute Gasteiger partial charge is 0.495 e. The van der Waals surface area contributed by atoms with Crippen molar-refractivity contribution in [3.05, 3.63) is 41.7 Å². The van der Waals surface area contributed by atoms with Crippen LogP contribution in [0.5, 0.6) is 11.6 Å². The van der Waals surface area contributed by atoms with Crippen LogP contribution in [0.25, 0.3) is 10.4 Å². The number of halogens is 3. The fourth-order valence-electron chi connectivity index (χ4n) is 4.58. The van der Waals surface area contributed by atoms with Crippen molar-refractivity contribution in [1.82, 2.24) is 9.97 Å². The Hall–Kier alpha value is -3.59. The van der Waals surface area contributed by atoms with Gasteiger partial charge in [0.25, 0.3) is 10.0 Å². The van der Waals surface area contributed by atoms with Gasteiger partial charge in [0.15, 0.2) is 5.13 Å². The summed E-state index contributed by atoms with van der Waals surface area (Å²) in [6, 6.07) is 6.19. The number of methoxy groups -OCH3 is 2. The number of esters is 1. The second kappa shape index (κ2) is 13.2. The van der Waals surface area contributed by atoms with Crippen LogP contribution in [0, 0.1) is 6.92 Å². The lowest BCUT2D eigenvalue weighted by Gasteiger charge is -2.16. The molecule has 0 aliphatic heterocycles. The highest BCUT2D eigenvalue weighted by molar-refractivity contribution is 7.92. The number of sulfonamides is 1. The van der Waals surface area contributed by atoms with E-state index in [1.54, 1.807) is 6.07 Å². The Labute approximate surface area is 245 Å². The molecule has 4 rings (SSSR count). The number of aryl methyl sites for hydroxylation is 1. The van der Waals surface area contributed by atoms with Crippen LogP contribution >= 0.6 is 11.3 Å². The van der Waals surface area contributed by atoms with Crippen molar-refractivity contribution in [1.29, 1.82) is 0 Å². The Morgan fingerprint density at radius 1 is 1.10 bits per heavy atom. The molecule has 2 aromatic heterocycles. The predicted molar refractivity (Wildman–Crippen MR) is 151 cm³/mol. The third-order valence-corrected chi connectivity index (χ3v) is 9.23. The molecule has 1 saturated carbocycles. The van der Waals surface area contributed by atoms with Crippen molar-refractivity contribution in [2.75, 3.05) is 24.3 Å². The molecule has 0 atom stereocenters. The van der Waals surface area contributed by atoms with Crippen LogP contribution in [-0.4, -0.2) is 50.8 Å². The molecular formula is C27H31F3N4O6S2. The summed E-state index contributed by atoms with van der Waals surface area (Å²) < 4.78 is 82.2. The molecule has 1 aliphatic rings. The molecule has 1 aromatic carbocycles. The SMILES string of the molecule is COc1cc(COC(=O)C(F)(F)F)c(NS(=O)(=O)c2cc(-c3sc(NC4CCCCCC4)nc3C)ccc2OC)cn1. The van der Waals surface area contributed by atoms with E-state index in [0.29, 0.717) is 11.6 Å². The second-order valence-corrected chi connectivity index (χ2v) is 12.3. The van der Waals surface area contributed by atoms with Gasteiger partial charge in [-0.3, -0.25) is 4.72 Å². The van der Waals surface area contributed by atoms with Gasteiger partial charge in [-0.15, -0.1) is 0 Å². The molecule has 2 heterocycles. The third kappa shape index (κ3) is 7.62. The van der Waals surface area contributed by atoms with Crippen LogP contribution in [0.4, 0.5) is 24.0 Å². The molecule has 10 nitrogen and oxygen atoms in total. The summed E-state index contributed by atoms with van der Waals surface area (Å²) >= 11 is 1.43. The Kier molecular flexibility index (Phi) is 9.82. The molecule has 2 N–H and O–H groups in total. The van der Waals surface area contributed by atoms with Gasteiger partial charge in [0.2, 0.25) is 5.88 Å². The number of thiazole rings is 1. The number of pyridine rings is 1. The molecule has 0 radical (unpaired) electrons. The van der Waals surface area contributed by atoms with Crippen molar-refractivity contribution in [3.63, 3.8) is 0 Å². The van der Waals surface area contributed by atoms with Gasteiger partial charge in [0, 0.05) is 17.7 Å². The van der Waals surface area contributed by atoms with Gasteiger partial charge in [0.1, 0.15) is 17.3 Å². The normalized spacial score (nSPS) is 14.6. The average molecular weight is 629 g/mol. The summed E-state index contributed by atoms with van der Waals surface area (Å²) in [6.45, 7) is 0.960. The van der Waals surface area contributed by atoms with E-state index in [-0.39, 0.29) is 27.8 Å². The molecule has 42 heavy (non-hydrogen) atoms. The van der Waals surface area contributed by atoms with Crippen molar-refractivity contribution in [2.45, 2.75) is 69.2 Å². The van der Waals surface area contributed by atoms with Gasteiger partial charge >= 0.3 is 12.1 Å². The number of benzene rings is 1. The number of rotatable bonds is 10. The van der Waals surface area contributed by atoms with Crippen LogP contribution in [0.2, 0.25) is 0 Å². The first-order chi connectivity index (χ1) is 19.9. The smallest absolute Gasteiger partial charge is 0.490 e. The number of anilines is 2. The molecule has 3 aromatic rings. The summed E-state index contributed by atoms with van der Waals surface area (Å²) in [5.41, 5.74) is 1.01. The average Bonchev–Trinajstić information content (AvgIpc) is 3.13. The minimum Gasteiger partial charge on any atom is -0.495 e. The highest BCUT2D eigenvalue weighted by Gasteiger charge is 2.41. The fourth-order valence-corrected chi connectivity index (χ4v) is 6.90. The van der Waals surface area contributed by atoms with Gasteiger partial charge < -0.3 is 19.5 Å². The van der Waals surface area contributed by atoms with E-state index in [4.69, 9.17) is 9.47 Å². The minimum absolute atomic E-state index is 0.0236. The van der Waals surface area contributed by atoms with Crippen LogP contribution in [0.15, 0.2) is 35.4 Å². The molecule has 228 valence electrons. The van der Waals surface area contributed by atoms with E-state index >= 15 is 0 Å². The number of carbonyl (C=O) groups excluding carboxylic acids is 1. The summed E-state index contributed by atoms with van der Waals surface area (Å²) in [5, 5.41) is 4.28. The van der Waals surface area contributed by atoms with Crippen molar-refractivity contribution < 1.29 is 40.6 Å². The zero-order chi connectivity index (χ0) is 30.5. The summed E-state index contributed by atoms with van der Waals surface area (Å²) in [4.78, 5) is 20.4. The van der Waals surface area contributed by atoms with Gasteiger partial charge in [0.05, 0.1) is 36.7 Å². The lowest BCUT2D eigenvalue weighted by molar-refractivity contribution is -0.201. The minimum atomic E-state index is -5.22. The number of carbonyl (C=O) groups is 1. The number of ether oxygens (including phenoxy) is 3. The Balaban J connectivity index is 1.63. The molecule has 1 aliphatic carbocycles. The van der Waals surface area contributed by atoms with E-state index < -0.39 is 28.8 Å². The van der Waals surface area contributed by atoms with E-state index in [2.05, 4.69) is 24.7 Å². The van der Waals surface area contributed by atoms with E-state index in [1.807, 2.05) is 6.92 Å². The second-order valence-electron chi connectivity index (χ2n) is 9.70. The number of aromatic nitrogens is 2. The maximum Gasteiger partial charge on any atom is 0.490 e. The summed E-state index contributed by atoms with van der Waals surface area (Å²) in [5.74, 6) is -2.41. The molecular weight excluding hydrogens is 597 g/mol. The van der Waals surface area contributed by atoms with Crippen LogP contribution in [-0.2, 0) is 26.2 Å². The summed E-state index contributed by atoms with van der Waals surface area (Å²) in [6.07, 6.45) is 2.76. The maximum absolute atomic E-state index is 13.6. The number of hydrogen-bond donors (Lipinski definition) is 2. The first kappa shape index (κ1) is 31.3. The molecule has 15 heteroatoms. The quantitative estimate of drug-likeness (QED) is 0.203. The van der Waals surface area contributed by atoms with Gasteiger partial charge in [-0.25, -0.2) is 23.2 Å². The monoisotopic (exact) mass is 628 g/mol. The first-order valence-corrected chi connectivity index (χ1v) is 15.4. The predicted octanol–water partition coefficient (Wildman–Crippen LogP) is 6.07. The zero-order valence-corrected chi connectivity index (χ0v) is 24.8. The van der Waals surface area contributed by atoms with Crippen LogP contribution in [0.1, 0.15) is 49.8 Å². The van der Waals surface area contributed by atoms with Gasteiger partial charge in [-0.05, 0) is 43.5 Å². The molecule has 0 saturated heterocycles. The molecule has 1 fully saturated rings. The van der Waals surface area contributed by atoms with E-state index in [0.717, 1.165) is 47.6 Å². The Morgan fingerprint density at radius 2 is 1.81 bits per heavy atom. The highest BCUT2D eigenvalue weighted by Crippen LogP contribution is 2.38. The Morgan fingerprint density at radius 3 is 2.45 bits per heavy atom. The van der Waals surface area contributed by atoms with Gasteiger partial charge in [-0.2, -0.15) is 13.2 Å². The van der Waals surface area contributed by atoms with Crippen molar-refractivity contribution >= 4 is 38.1 Å². The lowest BCUT2D eigenvalue weighted by atomic mass is 10.1. The van der Waals surface area contributed by atoms with Crippen molar-refractivity contribution in [2.24, 2.45) is 0 Å². The number of nitrogens with one attached hydrogen (secondary N) is 2.